The summed E-state index contributed by atoms with van der Waals surface area (Å²) >= 11 is 0. The van der Waals surface area contributed by atoms with E-state index in [1.807, 2.05) is 6.07 Å². The first-order valence-corrected chi connectivity index (χ1v) is 8.22. The molecule has 28 heavy (non-hydrogen) atoms. The number of nitrogens with one attached hydrogen (secondary N) is 1. The van der Waals surface area contributed by atoms with Gasteiger partial charge in [-0.15, -0.1) is 0 Å². The van der Waals surface area contributed by atoms with Gasteiger partial charge in [0.15, 0.2) is 11.5 Å². The second kappa shape index (κ2) is 9.34. The molecular weight excluding hydrogens is 364 g/mol. The average molecular weight is 384 g/mol. The van der Waals surface area contributed by atoms with Gasteiger partial charge in [0.2, 0.25) is 0 Å². The van der Waals surface area contributed by atoms with E-state index >= 15 is 0 Å². The Morgan fingerprint density at radius 1 is 1.39 bits per heavy atom. The number of ether oxygens (including phenoxy) is 2. The van der Waals surface area contributed by atoms with E-state index in [1.165, 1.54) is 31.1 Å². The van der Waals surface area contributed by atoms with Crippen molar-refractivity contribution in [3.05, 3.63) is 57.0 Å². The van der Waals surface area contributed by atoms with Crippen molar-refractivity contribution in [3.8, 4) is 17.6 Å². The van der Waals surface area contributed by atoms with Crippen LogP contribution in [0.1, 0.15) is 22.4 Å². The number of aromatic hydroxyl groups is 1. The van der Waals surface area contributed by atoms with Crippen molar-refractivity contribution < 1.29 is 19.4 Å². The number of hydrogen-bond acceptors (Lipinski definition) is 7. The molecule has 2 rings (SSSR count). The minimum Gasteiger partial charge on any atom is -0.504 e. The maximum absolute atomic E-state index is 12.5. The van der Waals surface area contributed by atoms with Gasteiger partial charge >= 0.3 is 0 Å². The highest BCUT2D eigenvalue weighted by Crippen LogP contribution is 2.25. The number of aryl methyl sites for hydroxylation is 1. The van der Waals surface area contributed by atoms with E-state index in [0.717, 1.165) is 0 Å². The van der Waals surface area contributed by atoms with Crippen LogP contribution in [0.25, 0.3) is 0 Å². The molecule has 1 heterocycles. The summed E-state index contributed by atoms with van der Waals surface area (Å²) in [5.41, 5.74) is 3.23. The molecule has 0 aliphatic carbocycles. The third kappa shape index (κ3) is 4.75. The normalized spacial score (nSPS) is 10.6. The Labute approximate surface area is 161 Å². The monoisotopic (exact) mass is 384 g/mol. The maximum Gasteiger partial charge on any atom is 0.269 e. The molecule has 0 radical (unpaired) electrons. The van der Waals surface area contributed by atoms with Crippen LogP contribution in [-0.2, 0) is 22.7 Å². The Balaban J connectivity index is 2.12. The van der Waals surface area contributed by atoms with Gasteiger partial charge in [-0.2, -0.15) is 10.4 Å². The minimum atomic E-state index is -0.561. The number of carbonyl (C=O) groups is 1. The van der Waals surface area contributed by atoms with Gasteiger partial charge in [0.1, 0.15) is 18.2 Å². The zero-order valence-corrected chi connectivity index (χ0v) is 15.7. The van der Waals surface area contributed by atoms with Crippen LogP contribution in [0.15, 0.2) is 34.2 Å². The fourth-order valence-electron chi connectivity index (χ4n) is 2.57. The molecule has 1 aromatic heterocycles. The Kier molecular flexibility index (Phi) is 6.90. The number of phenols is 1. The van der Waals surface area contributed by atoms with Crippen molar-refractivity contribution in [1.29, 1.82) is 5.26 Å². The zero-order chi connectivity index (χ0) is 20.7. The number of nitrogens with zero attached hydrogens (tertiary/aromatic N) is 3. The molecular formula is C19H20N4O5. The van der Waals surface area contributed by atoms with E-state index in [1.54, 1.807) is 25.1 Å². The number of benzene rings is 1. The van der Waals surface area contributed by atoms with Crippen LogP contribution in [0.5, 0.6) is 11.5 Å². The average Bonchev–Trinajstić information content (AvgIpc) is 2.66. The van der Waals surface area contributed by atoms with Crippen molar-refractivity contribution >= 4 is 12.1 Å². The molecule has 2 aromatic rings. The molecule has 0 aliphatic rings. The number of rotatable bonds is 7. The number of amides is 1. The topological polar surface area (TPSA) is 126 Å². The highest BCUT2D eigenvalue weighted by Gasteiger charge is 2.14. The lowest BCUT2D eigenvalue weighted by molar-refractivity contribution is -0.121. The van der Waals surface area contributed by atoms with Gasteiger partial charge < -0.3 is 19.1 Å². The lowest BCUT2D eigenvalue weighted by Crippen LogP contribution is -2.33. The molecule has 146 valence electrons. The predicted octanol–water partition coefficient (Wildman–Crippen LogP) is 1.04. The number of hydrazone groups is 1. The maximum atomic E-state index is 12.5. The largest absolute Gasteiger partial charge is 0.504 e. The fraction of sp³-hybridized carbons (Fsp3) is 0.263. The van der Waals surface area contributed by atoms with Gasteiger partial charge in [0.25, 0.3) is 11.5 Å². The summed E-state index contributed by atoms with van der Waals surface area (Å²) in [5.74, 6) is -0.274. The summed E-state index contributed by atoms with van der Waals surface area (Å²) in [6.07, 6.45) is 1.34. The number of nitriles is 1. The summed E-state index contributed by atoms with van der Waals surface area (Å²) < 4.78 is 11.1. The molecule has 0 saturated heterocycles. The molecule has 2 N–H and O–H groups in total. The van der Waals surface area contributed by atoms with Crippen molar-refractivity contribution in [2.75, 3.05) is 14.2 Å². The number of methoxy groups -OCH3 is 2. The number of phenolic OH excluding ortho intramolecular Hbond substituents is 1. The lowest BCUT2D eigenvalue weighted by atomic mass is 10.1. The summed E-state index contributed by atoms with van der Waals surface area (Å²) in [5, 5.41) is 22.8. The van der Waals surface area contributed by atoms with Crippen LogP contribution in [0.3, 0.4) is 0 Å². The van der Waals surface area contributed by atoms with Crippen LogP contribution in [-0.4, -0.2) is 36.0 Å². The van der Waals surface area contributed by atoms with E-state index in [4.69, 9.17) is 9.47 Å². The molecule has 1 aromatic carbocycles. The Hall–Kier alpha value is -3.64. The first kappa shape index (κ1) is 20.7. The first-order chi connectivity index (χ1) is 13.4. The number of aromatic nitrogens is 1. The molecule has 0 aliphatic heterocycles. The summed E-state index contributed by atoms with van der Waals surface area (Å²) in [6.45, 7) is 1.50. The summed E-state index contributed by atoms with van der Waals surface area (Å²) in [7, 11) is 2.91. The standard InChI is InChI=1S/C19H20N4O5/c1-12-6-14(11-27-2)15(8-20)19(26)23(12)10-18(25)22-21-9-13-4-5-17(28-3)16(24)7-13/h4-7,9,24H,10-11H2,1-3H3,(H,22,25)/b21-9-. The van der Waals surface area contributed by atoms with Gasteiger partial charge in [-0.05, 0) is 36.8 Å². The van der Waals surface area contributed by atoms with Gasteiger partial charge in [0.05, 0.1) is 19.9 Å². The SMILES string of the molecule is COCc1cc(C)n(CC(=O)N/N=C\c2ccc(OC)c(O)c2)c(=O)c1C#N. The third-order valence-corrected chi connectivity index (χ3v) is 3.91. The molecule has 0 unspecified atom stereocenters. The van der Waals surface area contributed by atoms with E-state index in [0.29, 0.717) is 22.6 Å². The van der Waals surface area contributed by atoms with Crippen molar-refractivity contribution in [1.82, 2.24) is 9.99 Å². The van der Waals surface area contributed by atoms with Crippen LogP contribution in [0, 0.1) is 18.3 Å². The predicted molar refractivity (Wildman–Crippen MR) is 101 cm³/mol. The Morgan fingerprint density at radius 2 is 2.14 bits per heavy atom. The zero-order valence-electron chi connectivity index (χ0n) is 15.7. The molecule has 9 nitrogen and oxygen atoms in total. The van der Waals surface area contributed by atoms with E-state index in [-0.39, 0.29) is 24.5 Å². The van der Waals surface area contributed by atoms with Gasteiger partial charge in [-0.25, -0.2) is 5.43 Å². The van der Waals surface area contributed by atoms with Gasteiger partial charge in [0, 0.05) is 18.4 Å². The molecule has 0 spiro atoms. The van der Waals surface area contributed by atoms with Crippen LogP contribution in [0.4, 0.5) is 0 Å². The van der Waals surface area contributed by atoms with E-state index in [9.17, 15) is 20.0 Å². The third-order valence-electron chi connectivity index (χ3n) is 3.91. The van der Waals surface area contributed by atoms with E-state index < -0.39 is 11.5 Å². The second-order valence-electron chi connectivity index (χ2n) is 5.85. The molecule has 0 fully saturated rings. The fourth-order valence-corrected chi connectivity index (χ4v) is 2.57. The molecule has 9 heteroatoms. The number of pyridine rings is 1. The van der Waals surface area contributed by atoms with Crippen molar-refractivity contribution in [3.63, 3.8) is 0 Å². The van der Waals surface area contributed by atoms with Crippen molar-refractivity contribution in [2.24, 2.45) is 5.10 Å². The Bertz CT molecular complexity index is 1000. The van der Waals surface area contributed by atoms with Crippen molar-refractivity contribution in [2.45, 2.75) is 20.1 Å². The summed E-state index contributed by atoms with van der Waals surface area (Å²) in [6, 6.07) is 8.14. The van der Waals surface area contributed by atoms with E-state index in [2.05, 4.69) is 10.5 Å². The van der Waals surface area contributed by atoms with Gasteiger partial charge in [-0.1, -0.05) is 0 Å². The Morgan fingerprint density at radius 3 is 2.75 bits per heavy atom. The van der Waals surface area contributed by atoms with Gasteiger partial charge in [-0.3, -0.25) is 9.59 Å². The molecule has 0 atom stereocenters. The molecule has 0 bridgehead atoms. The second-order valence-corrected chi connectivity index (χ2v) is 5.85. The van der Waals surface area contributed by atoms with Crippen LogP contribution < -0.4 is 15.7 Å². The first-order valence-electron chi connectivity index (χ1n) is 8.22. The number of hydrogen-bond donors (Lipinski definition) is 2. The van der Waals surface area contributed by atoms with Crippen LogP contribution in [0.2, 0.25) is 0 Å². The highest BCUT2D eigenvalue weighted by molar-refractivity contribution is 5.83. The smallest absolute Gasteiger partial charge is 0.269 e. The molecule has 0 saturated carbocycles. The molecule has 1 amide bonds. The minimum absolute atomic E-state index is 0.0554. The number of carbonyl (C=O) groups excluding carboxylic acids is 1. The summed E-state index contributed by atoms with van der Waals surface area (Å²) in [4.78, 5) is 24.6. The highest BCUT2D eigenvalue weighted by atomic mass is 16.5. The quantitative estimate of drug-likeness (QED) is 0.543. The lowest BCUT2D eigenvalue weighted by Gasteiger charge is -2.12. The van der Waals surface area contributed by atoms with Crippen LogP contribution >= 0.6 is 0 Å².